The molecular weight excluding hydrogens is 578 g/mol. The summed E-state index contributed by atoms with van der Waals surface area (Å²) in [6, 6.07) is 14.2. The number of amides is 4. The molecule has 1 N–H and O–H groups in total. The molecule has 0 aromatic heterocycles. The van der Waals surface area contributed by atoms with E-state index in [-0.39, 0.29) is 18.0 Å². The second kappa shape index (κ2) is 10.5. The Morgan fingerprint density at radius 3 is 2.53 bits per heavy atom. The lowest BCUT2D eigenvalue weighted by Gasteiger charge is -2.28. The highest BCUT2D eigenvalue weighted by Crippen LogP contribution is 2.36. The van der Waals surface area contributed by atoms with Gasteiger partial charge in [0.15, 0.2) is 11.5 Å². The maximum absolute atomic E-state index is 14.0. The van der Waals surface area contributed by atoms with Gasteiger partial charge in [-0.25, -0.2) is 14.1 Å². The Morgan fingerprint density at radius 2 is 1.81 bits per heavy atom. The van der Waals surface area contributed by atoms with Crippen LogP contribution < -0.4 is 19.7 Å². The summed E-state index contributed by atoms with van der Waals surface area (Å²) in [4.78, 5) is 39.4. The van der Waals surface area contributed by atoms with Crippen molar-refractivity contribution in [2.45, 2.75) is 20.5 Å². The molecule has 0 saturated carbocycles. The summed E-state index contributed by atoms with van der Waals surface area (Å²) in [6.45, 7) is 3.62. The van der Waals surface area contributed by atoms with Crippen molar-refractivity contribution in [2.75, 3.05) is 12.0 Å². The standard InChI is InChI=1S/C27H22FIN2O5/c1-15-8-9-16(2)22(10-15)31-26(33)19(25(32)30-27(31)34)11-17-12-21(29)24(23(13-17)35-3)36-14-18-6-4-5-7-20(18)28/h4-13H,14H2,1-3H3,(H,30,32,34)/b19-11+. The first-order valence-corrected chi connectivity index (χ1v) is 12.0. The van der Waals surface area contributed by atoms with Gasteiger partial charge in [-0.15, -0.1) is 0 Å². The van der Waals surface area contributed by atoms with Crippen LogP contribution in [0.25, 0.3) is 6.08 Å². The van der Waals surface area contributed by atoms with E-state index in [4.69, 9.17) is 9.47 Å². The van der Waals surface area contributed by atoms with Gasteiger partial charge in [-0.05, 0) is 83.5 Å². The van der Waals surface area contributed by atoms with E-state index in [1.54, 1.807) is 49.4 Å². The molecule has 9 heteroatoms. The van der Waals surface area contributed by atoms with Crippen LogP contribution in [0.2, 0.25) is 0 Å². The number of methoxy groups -OCH3 is 1. The van der Waals surface area contributed by atoms with E-state index < -0.39 is 17.8 Å². The number of nitrogens with one attached hydrogen (secondary N) is 1. The lowest BCUT2D eigenvalue weighted by molar-refractivity contribution is -0.122. The average Bonchev–Trinajstić information content (AvgIpc) is 2.83. The summed E-state index contributed by atoms with van der Waals surface area (Å²) in [5, 5.41) is 2.24. The molecule has 0 spiro atoms. The van der Waals surface area contributed by atoms with Gasteiger partial charge < -0.3 is 9.47 Å². The lowest BCUT2D eigenvalue weighted by atomic mass is 10.0. The number of anilines is 1. The molecule has 0 bridgehead atoms. The number of hydrogen-bond donors (Lipinski definition) is 1. The second-order valence-electron chi connectivity index (χ2n) is 8.16. The average molecular weight is 600 g/mol. The molecule has 0 unspecified atom stereocenters. The molecule has 184 valence electrons. The largest absolute Gasteiger partial charge is 0.493 e. The Morgan fingerprint density at radius 1 is 1.06 bits per heavy atom. The molecule has 36 heavy (non-hydrogen) atoms. The van der Waals surface area contributed by atoms with Crippen LogP contribution in [0.15, 0.2) is 60.2 Å². The number of aryl methyl sites for hydroxylation is 2. The maximum atomic E-state index is 14.0. The van der Waals surface area contributed by atoms with Gasteiger partial charge in [-0.1, -0.05) is 30.3 Å². The Labute approximate surface area is 221 Å². The van der Waals surface area contributed by atoms with Crippen molar-refractivity contribution in [1.82, 2.24) is 5.32 Å². The van der Waals surface area contributed by atoms with Crippen LogP contribution in [0.5, 0.6) is 11.5 Å². The zero-order valence-corrected chi connectivity index (χ0v) is 21.9. The molecule has 1 heterocycles. The molecule has 4 rings (SSSR count). The van der Waals surface area contributed by atoms with Gasteiger partial charge in [0, 0.05) is 5.56 Å². The first-order valence-electron chi connectivity index (χ1n) is 10.9. The molecular formula is C27H22FIN2O5. The van der Waals surface area contributed by atoms with E-state index in [9.17, 15) is 18.8 Å². The minimum absolute atomic E-state index is 0.00667. The number of carbonyl (C=O) groups is 3. The van der Waals surface area contributed by atoms with E-state index in [2.05, 4.69) is 5.32 Å². The van der Waals surface area contributed by atoms with Crippen LogP contribution in [0, 0.1) is 23.2 Å². The Kier molecular flexibility index (Phi) is 7.39. The molecule has 3 aromatic rings. The zero-order valence-electron chi connectivity index (χ0n) is 19.7. The number of imide groups is 2. The molecule has 1 aliphatic rings. The second-order valence-corrected chi connectivity index (χ2v) is 9.32. The predicted octanol–water partition coefficient (Wildman–Crippen LogP) is 5.30. The third kappa shape index (κ3) is 5.11. The highest BCUT2D eigenvalue weighted by atomic mass is 127. The molecule has 1 saturated heterocycles. The highest BCUT2D eigenvalue weighted by Gasteiger charge is 2.37. The number of ether oxygens (including phenoxy) is 2. The first kappa shape index (κ1) is 25.4. The fraction of sp³-hybridized carbons (Fsp3) is 0.148. The van der Waals surface area contributed by atoms with Gasteiger partial charge in [-0.3, -0.25) is 14.9 Å². The molecule has 0 radical (unpaired) electrons. The fourth-order valence-corrected chi connectivity index (χ4v) is 4.51. The van der Waals surface area contributed by atoms with Crippen LogP contribution in [0.1, 0.15) is 22.3 Å². The predicted molar refractivity (Wildman–Crippen MR) is 141 cm³/mol. The van der Waals surface area contributed by atoms with Crippen LogP contribution in [-0.4, -0.2) is 25.0 Å². The summed E-state index contributed by atoms with van der Waals surface area (Å²) >= 11 is 2.04. The van der Waals surface area contributed by atoms with Gasteiger partial charge in [0.1, 0.15) is 18.0 Å². The fourth-order valence-electron chi connectivity index (χ4n) is 3.73. The quantitative estimate of drug-likeness (QED) is 0.236. The van der Waals surface area contributed by atoms with Crippen LogP contribution in [0.4, 0.5) is 14.9 Å². The monoisotopic (exact) mass is 600 g/mol. The van der Waals surface area contributed by atoms with Gasteiger partial charge >= 0.3 is 6.03 Å². The number of hydrogen-bond acceptors (Lipinski definition) is 5. The first-order chi connectivity index (χ1) is 17.2. The van der Waals surface area contributed by atoms with Crippen molar-refractivity contribution in [3.63, 3.8) is 0 Å². The number of barbiturate groups is 1. The summed E-state index contributed by atoms with van der Waals surface area (Å²) in [6.07, 6.45) is 1.40. The summed E-state index contributed by atoms with van der Waals surface area (Å²) in [5.74, 6) is -1.16. The van der Waals surface area contributed by atoms with E-state index >= 15 is 0 Å². The van der Waals surface area contributed by atoms with Crippen molar-refractivity contribution in [1.29, 1.82) is 0 Å². The highest BCUT2D eigenvalue weighted by molar-refractivity contribution is 14.1. The van der Waals surface area contributed by atoms with Crippen molar-refractivity contribution < 1.29 is 28.2 Å². The number of benzene rings is 3. The van der Waals surface area contributed by atoms with Crippen LogP contribution >= 0.6 is 22.6 Å². The Hall–Kier alpha value is -3.73. The molecule has 4 amide bonds. The molecule has 3 aromatic carbocycles. The summed E-state index contributed by atoms with van der Waals surface area (Å²) in [7, 11) is 1.46. The zero-order chi connectivity index (χ0) is 26.0. The van der Waals surface area contributed by atoms with Crippen molar-refractivity contribution in [3.05, 3.63) is 91.8 Å². The van der Waals surface area contributed by atoms with Crippen LogP contribution in [-0.2, 0) is 16.2 Å². The van der Waals surface area contributed by atoms with Gasteiger partial charge in [0.25, 0.3) is 11.8 Å². The molecule has 1 aliphatic heterocycles. The van der Waals surface area contributed by atoms with Crippen molar-refractivity contribution >= 4 is 52.2 Å². The number of urea groups is 1. The van der Waals surface area contributed by atoms with E-state index in [1.807, 2.05) is 35.6 Å². The Balaban J connectivity index is 1.67. The normalized spacial score (nSPS) is 14.8. The van der Waals surface area contributed by atoms with Crippen molar-refractivity contribution in [2.24, 2.45) is 0 Å². The number of carbonyl (C=O) groups excluding carboxylic acids is 3. The van der Waals surface area contributed by atoms with E-state index in [0.29, 0.717) is 37.4 Å². The topological polar surface area (TPSA) is 84.9 Å². The minimum atomic E-state index is -0.806. The third-order valence-electron chi connectivity index (χ3n) is 5.60. The molecule has 1 fully saturated rings. The summed E-state index contributed by atoms with van der Waals surface area (Å²) in [5.41, 5.74) is 2.66. The smallest absolute Gasteiger partial charge is 0.335 e. The van der Waals surface area contributed by atoms with E-state index in [1.165, 1.54) is 19.3 Å². The van der Waals surface area contributed by atoms with Crippen molar-refractivity contribution in [3.8, 4) is 11.5 Å². The maximum Gasteiger partial charge on any atom is 0.335 e. The number of rotatable bonds is 6. The number of halogens is 2. The molecule has 0 atom stereocenters. The summed E-state index contributed by atoms with van der Waals surface area (Å²) < 4.78 is 25.9. The number of nitrogens with zero attached hydrogens (tertiary/aromatic N) is 1. The Bertz CT molecular complexity index is 1420. The van der Waals surface area contributed by atoms with Gasteiger partial charge in [-0.2, -0.15) is 0 Å². The molecule has 7 nitrogen and oxygen atoms in total. The van der Waals surface area contributed by atoms with Crippen LogP contribution in [0.3, 0.4) is 0 Å². The van der Waals surface area contributed by atoms with Gasteiger partial charge in [0.05, 0.1) is 16.4 Å². The van der Waals surface area contributed by atoms with Gasteiger partial charge in [0.2, 0.25) is 0 Å². The third-order valence-corrected chi connectivity index (χ3v) is 6.40. The lowest BCUT2D eigenvalue weighted by Crippen LogP contribution is -2.54. The van der Waals surface area contributed by atoms with E-state index in [0.717, 1.165) is 10.5 Å². The SMILES string of the molecule is COc1cc(/C=C2\C(=O)NC(=O)N(c3cc(C)ccc3C)C2=O)cc(I)c1OCc1ccccc1F. The minimum Gasteiger partial charge on any atom is -0.493 e. The molecule has 0 aliphatic carbocycles.